The van der Waals surface area contributed by atoms with Gasteiger partial charge in [-0.2, -0.15) is 0 Å². The largest absolute Gasteiger partial charge is 0.472 e. The van der Waals surface area contributed by atoms with Crippen molar-refractivity contribution in [3.63, 3.8) is 0 Å². The Morgan fingerprint density at radius 1 is 1.00 bits per heavy atom. The van der Waals surface area contributed by atoms with Gasteiger partial charge < -0.3 is 14.2 Å². The second kappa shape index (κ2) is 8.97. The predicted molar refractivity (Wildman–Crippen MR) is 116 cm³/mol. The minimum Gasteiger partial charge on any atom is -0.472 e. The van der Waals surface area contributed by atoms with Crippen molar-refractivity contribution in [2.75, 3.05) is 11.1 Å². The average Bonchev–Trinajstić information content (AvgIpc) is 3.47. The molecule has 4 rings (SSSR count). The number of thioether (sulfide) groups is 1. The van der Waals surface area contributed by atoms with Crippen molar-refractivity contribution >= 4 is 29.1 Å². The molecule has 0 radical (unpaired) electrons. The Bertz CT molecular complexity index is 1220. The highest BCUT2D eigenvalue weighted by Gasteiger charge is 2.17. The first-order valence-corrected chi connectivity index (χ1v) is 10.3. The molecule has 0 fully saturated rings. The molecule has 0 bridgehead atoms. The summed E-state index contributed by atoms with van der Waals surface area (Å²) in [5, 5.41) is 11.6. The summed E-state index contributed by atoms with van der Waals surface area (Å²) >= 11 is 1.20. The van der Waals surface area contributed by atoms with E-state index in [0.717, 1.165) is 16.7 Å². The van der Waals surface area contributed by atoms with Crippen LogP contribution in [0.25, 0.3) is 22.5 Å². The smallest absolute Gasteiger partial charge is 0.221 e. The molecule has 0 saturated heterocycles. The summed E-state index contributed by atoms with van der Waals surface area (Å²) in [4.78, 5) is 28.5. The third kappa shape index (κ3) is 4.72. The summed E-state index contributed by atoms with van der Waals surface area (Å²) in [6.45, 7) is 3.28. The first-order chi connectivity index (χ1) is 15.0. The molecule has 0 aliphatic heterocycles. The van der Waals surface area contributed by atoms with Gasteiger partial charge in [0.2, 0.25) is 11.1 Å². The molecular formula is C22H18N4O4S. The van der Waals surface area contributed by atoms with E-state index in [1.807, 2.05) is 6.92 Å². The van der Waals surface area contributed by atoms with Gasteiger partial charge in [-0.3, -0.25) is 9.59 Å². The van der Waals surface area contributed by atoms with E-state index in [4.69, 9.17) is 8.83 Å². The van der Waals surface area contributed by atoms with Gasteiger partial charge in [-0.05, 0) is 42.8 Å². The van der Waals surface area contributed by atoms with E-state index < -0.39 is 0 Å². The monoisotopic (exact) mass is 434 g/mol. The number of nitrogens with one attached hydrogen (secondary N) is 1. The molecule has 1 amide bonds. The average molecular weight is 434 g/mol. The van der Waals surface area contributed by atoms with Gasteiger partial charge in [-0.25, -0.2) is 4.98 Å². The number of Topliss-reactive ketones (excluding diaryl/α,β-unsaturated/α-hetero) is 1. The van der Waals surface area contributed by atoms with Crippen molar-refractivity contribution < 1.29 is 18.4 Å². The Hall–Kier alpha value is -3.72. The molecule has 156 valence electrons. The van der Waals surface area contributed by atoms with Crippen LogP contribution in [0.5, 0.6) is 0 Å². The lowest BCUT2D eigenvalue weighted by Gasteiger charge is -2.09. The highest BCUT2D eigenvalue weighted by Crippen LogP contribution is 2.30. The van der Waals surface area contributed by atoms with Crippen molar-refractivity contribution in [2.45, 2.75) is 19.0 Å². The maximum Gasteiger partial charge on any atom is 0.221 e. The van der Waals surface area contributed by atoms with Gasteiger partial charge >= 0.3 is 0 Å². The standard InChI is InChI=1S/C22H18N4O4S/c1-13-9-15(3-4-18(13)23-14(2)27)19(28)12-31-22-24-20(16-5-7-29-10-16)21(25-26-22)17-6-8-30-11-17/h3-11H,12H2,1-2H3,(H,23,27). The molecule has 8 nitrogen and oxygen atoms in total. The minimum atomic E-state index is -0.158. The number of rotatable bonds is 7. The molecule has 0 spiro atoms. The molecule has 1 aromatic carbocycles. The Morgan fingerprint density at radius 3 is 2.32 bits per heavy atom. The van der Waals surface area contributed by atoms with Crippen molar-refractivity contribution in [3.8, 4) is 22.5 Å². The molecule has 0 unspecified atom stereocenters. The van der Waals surface area contributed by atoms with Crippen LogP contribution in [0.4, 0.5) is 5.69 Å². The van der Waals surface area contributed by atoms with Crippen LogP contribution < -0.4 is 5.32 Å². The van der Waals surface area contributed by atoms with E-state index >= 15 is 0 Å². The summed E-state index contributed by atoms with van der Waals surface area (Å²) in [6, 6.07) is 8.74. The van der Waals surface area contributed by atoms with E-state index in [9.17, 15) is 9.59 Å². The molecule has 0 atom stereocenters. The highest BCUT2D eigenvalue weighted by atomic mass is 32.2. The van der Waals surface area contributed by atoms with Crippen molar-refractivity contribution in [1.29, 1.82) is 0 Å². The van der Waals surface area contributed by atoms with Gasteiger partial charge in [0.15, 0.2) is 5.78 Å². The van der Waals surface area contributed by atoms with Crippen LogP contribution in [-0.2, 0) is 4.79 Å². The lowest BCUT2D eigenvalue weighted by Crippen LogP contribution is -2.09. The fraction of sp³-hybridized carbons (Fsp3) is 0.136. The zero-order chi connectivity index (χ0) is 21.8. The molecule has 0 saturated carbocycles. The third-order valence-electron chi connectivity index (χ3n) is 4.45. The number of benzene rings is 1. The number of carbonyl (C=O) groups is 2. The summed E-state index contributed by atoms with van der Waals surface area (Å²) in [5.74, 6) is -0.0826. The van der Waals surface area contributed by atoms with Crippen molar-refractivity contribution in [2.24, 2.45) is 0 Å². The molecule has 0 aliphatic carbocycles. The van der Waals surface area contributed by atoms with E-state index in [1.165, 1.54) is 18.7 Å². The predicted octanol–water partition coefficient (Wildman–Crippen LogP) is 4.63. The Kier molecular flexibility index (Phi) is 5.94. The normalized spacial score (nSPS) is 10.8. The highest BCUT2D eigenvalue weighted by molar-refractivity contribution is 7.99. The van der Waals surface area contributed by atoms with Crippen molar-refractivity contribution in [1.82, 2.24) is 15.2 Å². The number of amides is 1. The lowest BCUT2D eigenvalue weighted by atomic mass is 10.1. The van der Waals surface area contributed by atoms with Crippen LogP contribution in [0.1, 0.15) is 22.8 Å². The fourth-order valence-electron chi connectivity index (χ4n) is 2.95. The van der Waals surface area contributed by atoms with Crippen LogP contribution in [-0.4, -0.2) is 32.6 Å². The number of furan rings is 2. The SMILES string of the molecule is CC(=O)Nc1ccc(C(=O)CSc2nnc(-c3ccoc3)c(-c3ccoc3)n2)cc1C. The lowest BCUT2D eigenvalue weighted by molar-refractivity contribution is -0.114. The number of ketones is 1. The second-order valence-electron chi connectivity index (χ2n) is 6.74. The van der Waals surface area contributed by atoms with E-state index in [-0.39, 0.29) is 17.4 Å². The number of carbonyl (C=O) groups excluding carboxylic acids is 2. The maximum atomic E-state index is 12.7. The number of anilines is 1. The molecule has 0 aliphatic rings. The molecule has 1 N–H and O–H groups in total. The number of nitrogens with zero attached hydrogens (tertiary/aromatic N) is 3. The van der Waals surface area contributed by atoms with Gasteiger partial charge in [0.1, 0.15) is 11.4 Å². The molecule has 4 aromatic rings. The van der Waals surface area contributed by atoms with E-state index in [1.54, 1.807) is 55.4 Å². The Labute approximate surface area is 182 Å². The molecular weight excluding hydrogens is 416 g/mol. The summed E-state index contributed by atoms with van der Waals surface area (Å²) in [7, 11) is 0. The number of hydrogen-bond acceptors (Lipinski definition) is 8. The number of aryl methyl sites for hydroxylation is 1. The van der Waals surface area contributed by atoms with Crippen LogP contribution >= 0.6 is 11.8 Å². The number of aromatic nitrogens is 3. The fourth-order valence-corrected chi connectivity index (χ4v) is 3.63. The van der Waals surface area contributed by atoms with Crippen LogP contribution in [0.2, 0.25) is 0 Å². The van der Waals surface area contributed by atoms with Crippen LogP contribution in [0.15, 0.2) is 69.4 Å². The quantitative estimate of drug-likeness (QED) is 0.331. The van der Waals surface area contributed by atoms with Gasteiger partial charge in [0, 0.05) is 29.3 Å². The Morgan fingerprint density at radius 2 is 1.71 bits per heavy atom. The third-order valence-corrected chi connectivity index (χ3v) is 5.29. The first-order valence-electron chi connectivity index (χ1n) is 9.35. The van der Waals surface area contributed by atoms with Gasteiger partial charge in [-0.15, -0.1) is 10.2 Å². The van der Waals surface area contributed by atoms with Gasteiger partial charge in [0.05, 0.1) is 30.8 Å². The van der Waals surface area contributed by atoms with Gasteiger partial charge in [0.25, 0.3) is 0 Å². The van der Waals surface area contributed by atoms with Crippen LogP contribution in [0, 0.1) is 6.92 Å². The van der Waals surface area contributed by atoms with Crippen molar-refractivity contribution in [3.05, 3.63) is 66.5 Å². The molecule has 3 heterocycles. The van der Waals surface area contributed by atoms with Gasteiger partial charge in [-0.1, -0.05) is 11.8 Å². The molecule has 9 heteroatoms. The first kappa shape index (κ1) is 20.5. The summed E-state index contributed by atoms with van der Waals surface area (Å²) in [5.41, 5.74) is 4.71. The van der Waals surface area contributed by atoms with E-state index in [0.29, 0.717) is 27.8 Å². The maximum absolute atomic E-state index is 12.7. The Balaban J connectivity index is 1.52. The zero-order valence-electron chi connectivity index (χ0n) is 16.8. The molecule has 31 heavy (non-hydrogen) atoms. The topological polar surface area (TPSA) is 111 Å². The minimum absolute atomic E-state index is 0.0742. The molecule has 3 aromatic heterocycles. The second-order valence-corrected chi connectivity index (χ2v) is 7.68. The number of hydrogen-bond donors (Lipinski definition) is 1. The van der Waals surface area contributed by atoms with Crippen LogP contribution in [0.3, 0.4) is 0 Å². The summed E-state index contributed by atoms with van der Waals surface area (Å²) < 4.78 is 10.3. The zero-order valence-corrected chi connectivity index (χ0v) is 17.6. The summed E-state index contributed by atoms with van der Waals surface area (Å²) in [6.07, 6.45) is 6.25. The van der Waals surface area contributed by atoms with E-state index in [2.05, 4.69) is 20.5 Å².